The summed E-state index contributed by atoms with van der Waals surface area (Å²) in [5.41, 5.74) is 0. The van der Waals surface area contributed by atoms with Gasteiger partial charge in [-0.25, -0.2) is 0 Å². The maximum Gasteiger partial charge on any atom is 0.156 e. The Bertz CT molecular complexity index is 287. The second kappa shape index (κ2) is 6.21. The highest BCUT2D eigenvalue weighted by molar-refractivity contribution is 9.12. The molecule has 14 heavy (non-hydrogen) atoms. The summed E-state index contributed by atoms with van der Waals surface area (Å²) >= 11 is 18.5. The van der Waals surface area contributed by atoms with E-state index in [-0.39, 0.29) is 4.83 Å². The molecule has 0 aliphatic rings. The van der Waals surface area contributed by atoms with Crippen LogP contribution >= 0.6 is 55.1 Å². The summed E-state index contributed by atoms with van der Waals surface area (Å²) in [6, 6.07) is 6.06. The van der Waals surface area contributed by atoms with Crippen molar-refractivity contribution in [1.82, 2.24) is 0 Å². The number of alkyl halides is 2. The van der Waals surface area contributed by atoms with Gasteiger partial charge in [-0.2, -0.15) is 0 Å². The molecule has 0 heterocycles. The van der Waals surface area contributed by atoms with Gasteiger partial charge in [0.15, 0.2) is 5.75 Å². The lowest BCUT2D eigenvalue weighted by molar-refractivity contribution is 0.326. The average molecular weight is 362 g/mol. The third kappa shape index (κ3) is 3.61. The molecule has 0 N–H and O–H groups in total. The minimum absolute atomic E-state index is 0.235. The summed E-state index contributed by atoms with van der Waals surface area (Å²) in [6.45, 7) is 0.509. The smallest absolute Gasteiger partial charge is 0.156 e. The Morgan fingerprint density at radius 2 is 1.93 bits per heavy atom. The van der Waals surface area contributed by atoms with Crippen molar-refractivity contribution in [3.63, 3.8) is 0 Å². The van der Waals surface area contributed by atoms with Crippen LogP contribution < -0.4 is 4.74 Å². The molecular formula is C9H7Br2Cl2O. The molecule has 0 bridgehead atoms. The van der Waals surface area contributed by atoms with Gasteiger partial charge >= 0.3 is 0 Å². The second-order valence-corrected chi connectivity index (χ2v) is 5.30. The Kier molecular flexibility index (Phi) is 5.60. The van der Waals surface area contributed by atoms with Crippen molar-refractivity contribution in [2.24, 2.45) is 0 Å². The number of ether oxygens (including phenoxy) is 1. The zero-order chi connectivity index (χ0) is 10.6. The minimum Gasteiger partial charge on any atom is -0.489 e. The van der Waals surface area contributed by atoms with Gasteiger partial charge in [0.1, 0.15) is 6.61 Å². The van der Waals surface area contributed by atoms with E-state index in [0.717, 1.165) is 5.33 Å². The Balaban J connectivity index is 2.66. The molecule has 0 fully saturated rings. The van der Waals surface area contributed by atoms with Crippen LogP contribution in [-0.2, 0) is 0 Å². The van der Waals surface area contributed by atoms with Crippen molar-refractivity contribution < 1.29 is 4.74 Å². The van der Waals surface area contributed by atoms with Gasteiger partial charge in [0.05, 0.1) is 14.9 Å². The van der Waals surface area contributed by atoms with Gasteiger partial charge in [-0.1, -0.05) is 55.1 Å². The van der Waals surface area contributed by atoms with Crippen molar-refractivity contribution >= 4 is 55.1 Å². The van der Waals surface area contributed by atoms with Crippen LogP contribution in [0, 0.1) is 6.07 Å². The molecule has 1 atom stereocenters. The lowest BCUT2D eigenvalue weighted by Gasteiger charge is -2.11. The van der Waals surface area contributed by atoms with Gasteiger partial charge < -0.3 is 4.74 Å². The van der Waals surface area contributed by atoms with Crippen LogP contribution in [0.5, 0.6) is 5.75 Å². The number of hydrogen-bond acceptors (Lipinski definition) is 1. The molecule has 1 nitrogen and oxygen atoms in total. The fraction of sp³-hybridized carbons (Fsp3) is 0.333. The predicted molar refractivity (Wildman–Crippen MR) is 67.3 cm³/mol. The molecule has 77 valence electrons. The third-order valence-electron chi connectivity index (χ3n) is 1.43. The Morgan fingerprint density at radius 1 is 1.36 bits per heavy atom. The number of rotatable bonds is 4. The summed E-state index contributed by atoms with van der Waals surface area (Å²) in [7, 11) is 0. The molecule has 0 aromatic heterocycles. The highest BCUT2D eigenvalue weighted by Crippen LogP contribution is 2.32. The summed E-state index contributed by atoms with van der Waals surface area (Å²) in [5, 5.41) is 1.76. The molecule has 5 heteroatoms. The van der Waals surface area contributed by atoms with E-state index in [1.54, 1.807) is 12.1 Å². The fourth-order valence-electron chi connectivity index (χ4n) is 0.789. The minimum atomic E-state index is 0.235. The summed E-state index contributed by atoms with van der Waals surface area (Å²) in [5.74, 6) is 0.512. The van der Waals surface area contributed by atoms with Crippen molar-refractivity contribution in [3.8, 4) is 5.75 Å². The predicted octanol–water partition coefficient (Wildman–Crippen LogP) is 4.33. The van der Waals surface area contributed by atoms with Crippen LogP contribution in [0.4, 0.5) is 0 Å². The topological polar surface area (TPSA) is 9.23 Å². The van der Waals surface area contributed by atoms with E-state index in [1.807, 2.05) is 0 Å². The molecule has 0 amide bonds. The summed E-state index contributed by atoms with van der Waals surface area (Å²) in [4.78, 5) is 0.235. The fourth-order valence-corrected chi connectivity index (χ4v) is 1.60. The standard InChI is InChI=1S/C9H7Br2Cl2O/c10-4-6(11)5-14-9-7(12)2-1-3-8(9)13/h2-3,6H,4-5H2. The highest BCUT2D eigenvalue weighted by atomic mass is 79.9. The molecule has 0 aliphatic heterocycles. The van der Waals surface area contributed by atoms with Crippen LogP contribution in [0.15, 0.2) is 12.1 Å². The zero-order valence-corrected chi connectivity index (χ0v) is 11.8. The Morgan fingerprint density at radius 3 is 2.43 bits per heavy atom. The molecule has 0 aliphatic carbocycles. The Labute approximate surface area is 110 Å². The molecule has 1 aromatic rings. The van der Waals surface area contributed by atoms with Gasteiger partial charge in [0.2, 0.25) is 0 Å². The van der Waals surface area contributed by atoms with Crippen LogP contribution in [0.3, 0.4) is 0 Å². The van der Waals surface area contributed by atoms with Crippen molar-refractivity contribution in [3.05, 3.63) is 28.2 Å². The lowest BCUT2D eigenvalue weighted by Crippen LogP contribution is -2.12. The second-order valence-electron chi connectivity index (χ2n) is 2.54. The molecular weight excluding hydrogens is 355 g/mol. The largest absolute Gasteiger partial charge is 0.489 e. The van der Waals surface area contributed by atoms with E-state index in [2.05, 4.69) is 37.9 Å². The van der Waals surface area contributed by atoms with Gasteiger partial charge in [-0.15, -0.1) is 0 Å². The average Bonchev–Trinajstić information content (AvgIpc) is 2.16. The normalized spacial score (nSPS) is 12.6. The quantitative estimate of drug-likeness (QED) is 0.725. The van der Waals surface area contributed by atoms with Gasteiger partial charge in [-0.05, 0) is 18.2 Å². The first-order valence-corrected chi connectivity index (χ1v) is 6.62. The van der Waals surface area contributed by atoms with E-state index in [9.17, 15) is 0 Å². The van der Waals surface area contributed by atoms with Gasteiger partial charge in [-0.3, -0.25) is 0 Å². The van der Waals surface area contributed by atoms with Gasteiger partial charge in [0, 0.05) is 5.33 Å². The van der Waals surface area contributed by atoms with Crippen LogP contribution in [0.25, 0.3) is 0 Å². The molecule has 1 rings (SSSR count). The third-order valence-corrected chi connectivity index (χ3v) is 4.23. The number of halogens is 4. The maximum atomic E-state index is 5.89. The SMILES string of the molecule is Clc1c[c]cc(Cl)c1OCC(Br)CBr. The first kappa shape index (κ1) is 12.6. The van der Waals surface area contributed by atoms with Crippen molar-refractivity contribution in [1.29, 1.82) is 0 Å². The summed E-state index contributed by atoms with van der Waals surface area (Å²) in [6.07, 6.45) is 0. The van der Waals surface area contributed by atoms with Crippen molar-refractivity contribution in [2.75, 3.05) is 11.9 Å². The number of benzene rings is 1. The lowest BCUT2D eigenvalue weighted by atomic mass is 10.3. The van der Waals surface area contributed by atoms with Gasteiger partial charge in [0.25, 0.3) is 0 Å². The molecule has 0 saturated carbocycles. The molecule has 1 aromatic carbocycles. The Hall–Kier alpha value is 0.560. The van der Waals surface area contributed by atoms with E-state index in [0.29, 0.717) is 22.4 Å². The zero-order valence-electron chi connectivity index (χ0n) is 7.07. The molecule has 1 radical (unpaired) electrons. The first-order valence-electron chi connectivity index (χ1n) is 3.83. The molecule has 1 unspecified atom stereocenters. The van der Waals surface area contributed by atoms with Crippen LogP contribution in [0.1, 0.15) is 0 Å². The summed E-state index contributed by atoms with van der Waals surface area (Å²) < 4.78 is 5.46. The molecule has 0 saturated heterocycles. The van der Waals surface area contributed by atoms with E-state index < -0.39 is 0 Å². The number of hydrogen-bond donors (Lipinski definition) is 0. The van der Waals surface area contributed by atoms with E-state index >= 15 is 0 Å². The highest BCUT2D eigenvalue weighted by Gasteiger charge is 2.09. The van der Waals surface area contributed by atoms with Crippen LogP contribution in [0.2, 0.25) is 10.0 Å². The van der Waals surface area contributed by atoms with Crippen LogP contribution in [-0.4, -0.2) is 16.8 Å². The van der Waals surface area contributed by atoms with E-state index in [1.165, 1.54) is 0 Å². The van der Waals surface area contributed by atoms with Crippen molar-refractivity contribution in [2.45, 2.75) is 4.83 Å². The maximum absolute atomic E-state index is 5.89. The first-order chi connectivity index (χ1) is 6.65. The monoisotopic (exact) mass is 359 g/mol. The van der Waals surface area contributed by atoms with E-state index in [4.69, 9.17) is 27.9 Å². The molecule has 0 spiro atoms.